The standard InChI is InChI=1S/C39H39BrO12/c1-15-12-26(17(3)18(4)28(15)36(45)51-33-22(8)19(5)29(35(43)44)20(6)23(33)9)50-37(46)30-21(7)24(10)34(31(40)32(30)42)52-38(47)39(48)16(2)13-25(41)14-27(39)49-11/h12-14,42,48H,1-11H3,(H,43,44). The summed E-state index contributed by atoms with van der Waals surface area (Å²) in [4.78, 5) is 64.4. The number of allylic oxidation sites excluding steroid dienone is 2. The molecule has 0 bridgehead atoms. The maximum atomic E-state index is 13.6. The van der Waals surface area contributed by atoms with Crippen LogP contribution < -0.4 is 14.2 Å². The first-order valence-electron chi connectivity index (χ1n) is 15.9. The summed E-state index contributed by atoms with van der Waals surface area (Å²) in [6.07, 6.45) is 2.03. The van der Waals surface area contributed by atoms with Crippen LogP contribution in [0.4, 0.5) is 0 Å². The summed E-state index contributed by atoms with van der Waals surface area (Å²) in [6.45, 7) is 16.1. The summed E-state index contributed by atoms with van der Waals surface area (Å²) in [5, 5.41) is 32.1. The van der Waals surface area contributed by atoms with Crippen LogP contribution in [-0.4, -0.2) is 57.7 Å². The number of carbonyl (C=O) groups is 5. The van der Waals surface area contributed by atoms with Gasteiger partial charge in [0.1, 0.15) is 33.0 Å². The summed E-state index contributed by atoms with van der Waals surface area (Å²) in [5.74, 6) is -5.16. The molecule has 0 spiro atoms. The molecule has 0 amide bonds. The van der Waals surface area contributed by atoms with Crippen molar-refractivity contribution in [3.63, 3.8) is 0 Å². The topological polar surface area (TPSA) is 183 Å². The normalized spacial score (nSPS) is 15.4. The van der Waals surface area contributed by atoms with Gasteiger partial charge in [-0.05, 0) is 153 Å². The average molecular weight is 780 g/mol. The summed E-state index contributed by atoms with van der Waals surface area (Å²) in [7, 11) is 1.19. The van der Waals surface area contributed by atoms with Crippen molar-refractivity contribution in [2.24, 2.45) is 0 Å². The van der Waals surface area contributed by atoms with Crippen molar-refractivity contribution in [3.05, 3.63) is 101 Å². The molecule has 1 unspecified atom stereocenters. The van der Waals surface area contributed by atoms with Crippen LogP contribution in [0.5, 0.6) is 23.0 Å². The summed E-state index contributed by atoms with van der Waals surface area (Å²) in [5.41, 5.74) is 1.49. The number of hydrogen-bond acceptors (Lipinski definition) is 11. The highest BCUT2D eigenvalue weighted by molar-refractivity contribution is 9.10. The van der Waals surface area contributed by atoms with Crippen molar-refractivity contribution in [1.82, 2.24) is 0 Å². The van der Waals surface area contributed by atoms with E-state index in [4.69, 9.17) is 18.9 Å². The molecule has 0 aliphatic heterocycles. The van der Waals surface area contributed by atoms with Crippen LogP contribution >= 0.6 is 15.9 Å². The maximum absolute atomic E-state index is 13.6. The molecule has 3 N–H and O–H groups in total. The number of esters is 3. The number of ketones is 1. The number of rotatable bonds is 8. The average Bonchev–Trinajstić information content (AvgIpc) is 3.07. The van der Waals surface area contributed by atoms with Crippen molar-refractivity contribution >= 4 is 45.6 Å². The van der Waals surface area contributed by atoms with Gasteiger partial charge in [-0.15, -0.1) is 0 Å². The second-order valence-electron chi connectivity index (χ2n) is 12.8. The Morgan fingerprint density at radius 3 is 1.71 bits per heavy atom. The van der Waals surface area contributed by atoms with Gasteiger partial charge < -0.3 is 34.3 Å². The lowest BCUT2D eigenvalue weighted by molar-refractivity contribution is -0.151. The molecule has 4 rings (SSSR count). The van der Waals surface area contributed by atoms with Crippen LogP contribution in [0.2, 0.25) is 0 Å². The number of benzene rings is 3. The van der Waals surface area contributed by atoms with Crippen LogP contribution in [-0.2, 0) is 14.3 Å². The number of phenolic OH excluding ortho intramolecular Hbond substituents is 1. The fourth-order valence-corrected chi connectivity index (χ4v) is 6.80. The van der Waals surface area contributed by atoms with Gasteiger partial charge in [0.05, 0.1) is 18.2 Å². The summed E-state index contributed by atoms with van der Waals surface area (Å²) in [6, 6.07) is 1.50. The Morgan fingerprint density at radius 2 is 1.17 bits per heavy atom. The number of halogens is 1. The Morgan fingerprint density at radius 1 is 0.673 bits per heavy atom. The third-order valence-electron chi connectivity index (χ3n) is 9.82. The van der Waals surface area contributed by atoms with E-state index >= 15 is 0 Å². The second kappa shape index (κ2) is 14.4. The quantitative estimate of drug-likeness (QED) is 0.162. The van der Waals surface area contributed by atoms with Crippen molar-refractivity contribution in [2.45, 2.75) is 74.8 Å². The van der Waals surface area contributed by atoms with Crippen LogP contribution in [0.3, 0.4) is 0 Å². The number of methoxy groups -OCH3 is 1. The van der Waals surface area contributed by atoms with Gasteiger partial charge in [-0.25, -0.2) is 19.2 Å². The zero-order valence-corrected chi connectivity index (χ0v) is 32.2. The lowest BCUT2D eigenvalue weighted by Crippen LogP contribution is -2.47. The van der Waals surface area contributed by atoms with Crippen LogP contribution in [0.25, 0.3) is 0 Å². The first-order chi connectivity index (χ1) is 24.1. The van der Waals surface area contributed by atoms with Gasteiger partial charge in [0.2, 0.25) is 5.60 Å². The number of carbonyl (C=O) groups excluding carboxylic acids is 4. The zero-order valence-electron chi connectivity index (χ0n) is 30.6. The predicted octanol–water partition coefficient (Wildman–Crippen LogP) is 6.76. The van der Waals surface area contributed by atoms with Crippen molar-refractivity contribution in [1.29, 1.82) is 0 Å². The lowest BCUT2D eigenvalue weighted by atomic mass is 9.87. The molecule has 274 valence electrons. The molecule has 0 aromatic heterocycles. The van der Waals surface area contributed by atoms with Crippen LogP contribution in [0.15, 0.2) is 34.0 Å². The Bertz CT molecular complexity index is 2130. The Labute approximate surface area is 308 Å². The van der Waals surface area contributed by atoms with E-state index in [0.29, 0.717) is 38.9 Å². The molecule has 52 heavy (non-hydrogen) atoms. The minimum atomic E-state index is -2.43. The number of aliphatic hydroxyl groups is 1. The number of phenols is 1. The predicted molar refractivity (Wildman–Crippen MR) is 193 cm³/mol. The fourth-order valence-electron chi connectivity index (χ4n) is 6.22. The van der Waals surface area contributed by atoms with Crippen molar-refractivity contribution in [2.75, 3.05) is 7.11 Å². The van der Waals surface area contributed by atoms with E-state index in [1.165, 1.54) is 33.9 Å². The second-order valence-corrected chi connectivity index (χ2v) is 13.6. The number of ether oxygens (including phenoxy) is 4. The van der Waals surface area contributed by atoms with E-state index in [1.54, 1.807) is 48.5 Å². The highest BCUT2D eigenvalue weighted by Gasteiger charge is 2.48. The number of carboxylic acid groups (broad SMARTS) is 1. The molecule has 0 heterocycles. The Balaban J connectivity index is 1.66. The SMILES string of the molecule is COC1=CC(=O)C=C(C)C1(O)C(=O)Oc1c(C)c(C)c(C(=O)Oc2cc(C)c(C(=O)Oc3c(C)c(C)c(C(=O)O)c(C)c3C)c(C)c2C)c(O)c1Br. The van der Waals surface area contributed by atoms with Gasteiger partial charge >= 0.3 is 23.9 Å². The first kappa shape index (κ1) is 39.5. The van der Waals surface area contributed by atoms with E-state index in [0.717, 1.165) is 12.2 Å². The van der Waals surface area contributed by atoms with Gasteiger partial charge in [-0.2, -0.15) is 0 Å². The van der Waals surface area contributed by atoms with Gasteiger partial charge in [-0.1, -0.05) is 0 Å². The molecule has 1 atom stereocenters. The highest BCUT2D eigenvalue weighted by Crippen LogP contribution is 2.44. The number of aromatic hydroxyl groups is 1. The molecule has 0 saturated heterocycles. The smallest absolute Gasteiger partial charge is 0.356 e. The fraction of sp³-hybridized carbons (Fsp3) is 0.308. The Kier molecular flexibility index (Phi) is 10.9. The third-order valence-corrected chi connectivity index (χ3v) is 10.6. The zero-order chi connectivity index (χ0) is 39.3. The van der Waals surface area contributed by atoms with Gasteiger partial charge in [0.25, 0.3) is 0 Å². The minimum Gasteiger partial charge on any atom is -0.506 e. The molecule has 3 aromatic carbocycles. The summed E-state index contributed by atoms with van der Waals surface area (Å²) < 4.78 is 22.1. The minimum absolute atomic E-state index is 0.0400. The molecule has 0 saturated carbocycles. The van der Waals surface area contributed by atoms with E-state index in [9.17, 15) is 39.3 Å². The van der Waals surface area contributed by atoms with Crippen LogP contribution in [0.1, 0.15) is 88.1 Å². The number of hydrogen-bond donors (Lipinski definition) is 3. The maximum Gasteiger partial charge on any atom is 0.356 e. The molecular formula is C39H39BrO12. The lowest BCUT2D eigenvalue weighted by Gasteiger charge is -2.30. The molecular weight excluding hydrogens is 740 g/mol. The molecule has 0 radical (unpaired) electrons. The molecule has 1 aliphatic carbocycles. The van der Waals surface area contributed by atoms with Crippen LogP contribution in [0, 0.1) is 62.3 Å². The third kappa shape index (κ3) is 6.50. The van der Waals surface area contributed by atoms with Gasteiger partial charge in [0, 0.05) is 6.08 Å². The van der Waals surface area contributed by atoms with E-state index in [-0.39, 0.29) is 60.9 Å². The molecule has 0 fully saturated rings. The van der Waals surface area contributed by atoms with Gasteiger partial charge in [0.15, 0.2) is 11.5 Å². The number of aromatic carboxylic acids is 1. The van der Waals surface area contributed by atoms with Crippen molar-refractivity contribution in [3.8, 4) is 23.0 Å². The molecule has 13 heteroatoms. The highest BCUT2D eigenvalue weighted by atomic mass is 79.9. The largest absolute Gasteiger partial charge is 0.506 e. The van der Waals surface area contributed by atoms with Gasteiger partial charge in [-0.3, -0.25) is 4.79 Å². The molecule has 12 nitrogen and oxygen atoms in total. The van der Waals surface area contributed by atoms with Crippen molar-refractivity contribution < 1.29 is 58.2 Å². The number of carboxylic acids is 1. The Hall–Kier alpha value is -5.27. The number of aryl methyl sites for hydroxylation is 1. The molecule has 3 aromatic rings. The molecule has 1 aliphatic rings. The summed E-state index contributed by atoms with van der Waals surface area (Å²) >= 11 is 3.21. The first-order valence-corrected chi connectivity index (χ1v) is 16.7. The van der Waals surface area contributed by atoms with E-state index < -0.39 is 41.0 Å². The monoisotopic (exact) mass is 778 g/mol. The van der Waals surface area contributed by atoms with E-state index in [2.05, 4.69) is 15.9 Å². The van der Waals surface area contributed by atoms with E-state index in [1.807, 2.05) is 0 Å².